The number of aromatic nitrogens is 1. The maximum Gasteiger partial charge on any atom is 0.317 e. The second-order valence-electron chi connectivity index (χ2n) is 6.90. The van der Waals surface area contributed by atoms with E-state index in [1.165, 1.54) is 6.07 Å². The van der Waals surface area contributed by atoms with Gasteiger partial charge in [-0.25, -0.2) is 9.18 Å². The third kappa shape index (κ3) is 4.60. The molecule has 1 aliphatic rings. The Bertz CT molecular complexity index is 754. The molecule has 0 radical (unpaired) electrons. The topological polar surface area (TPSA) is 78.6 Å². The van der Waals surface area contributed by atoms with Gasteiger partial charge in [0, 0.05) is 38.5 Å². The summed E-state index contributed by atoms with van der Waals surface area (Å²) >= 11 is 0. The number of halogens is 1. The van der Waals surface area contributed by atoms with Gasteiger partial charge in [-0.15, -0.1) is 0 Å². The second-order valence-corrected chi connectivity index (χ2v) is 6.90. The van der Waals surface area contributed by atoms with E-state index in [0.29, 0.717) is 44.5 Å². The van der Waals surface area contributed by atoms with Crippen molar-refractivity contribution < 1.29 is 18.8 Å². The molecule has 0 atom stereocenters. The van der Waals surface area contributed by atoms with Crippen molar-refractivity contribution in [2.75, 3.05) is 19.6 Å². The van der Waals surface area contributed by atoms with Crippen LogP contribution >= 0.6 is 0 Å². The summed E-state index contributed by atoms with van der Waals surface area (Å²) in [6, 6.07) is 8.18. The van der Waals surface area contributed by atoms with Crippen LogP contribution in [0.1, 0.15) is 29.9 Å². The number of amides is 2. The van der Waals surface area contributed by atoms with E-state index in [-0.39, 0.29) is 18.3 Å². The molecule has 2 amide bonds. The van der Waals surface area contributed by atoms with E-state index in [0.717, 1.165) is 11.5 Å². The predicted molar refractivity (Wildman–Crippen MR) is 94.2 cm³/mol. The maximum absolute atomic E-state index is 13.8. The Morgan fingerprint density at radius 3 is 2.77 bits per heavy atom. The minimum absolute atomic E-state index is 0.158. The third-order valence-corrected chi connectivity index (χ3v) is 4.78. The van der Waals surface area contributed by atoms with Gasteiger partial charge in [0.1, 0.15) is 11.6 Å². The fraction of sp³-hybridized carbons (Fsp3) is 0.474. The zero-order valence-corrected chi connectivity index (χ0v) is 14.9. The summed E-state index contributed by atoms with van der Waals surface area (Å²) in [6.07, 6.45) is 1.70. The van der Waals surface area contributed by atoms with Gasteiger partial charge in [0.15, 0.2) is 0 Å². The highest BCUT2D eigenvalue weighted by Crippen LogP contribution is 2.27. The third-order valence-electron chi connectivity index (χ3n) is 4.78. The number of benzene rings is 1. The lowest BCUT2D eigenvalue weighted by Gasteiger charge is -2.38. The number of nitrogens with zero attached hydrogens (tertiary/aromatic N) is 2. The molecule has 2 aromatic rings. The first-order valence-corrected chi connectivity index (χ1v) is 8.86. The smallest absolute Gasteiger partial charge is 0.317 e. The Morgan fingerprint density at radius 1 is 1.38 bits per heavy atom. The summed E-state index contributed by atoms with van der Waals surface area (Å²) in [6.45, 7) is 3.20. The van der Waals surface area contributed by atoms with E-state index < -0.39 is 5.60 Å². The number of rotatable bonds is 5. The fourth-order valence-electron chi connectivity index (χ4n) is 3.24. The van der Waals surface area contributed by atoms with E-state index in [9.17, 15) is 14.3 Å². The molecule has 0 aliphatic carbocycles. The van der Waals surface area contributed by atoms with Crippen LogP contribution in [0.3, 0.4) is 0 Å². The Morgan fingerprint density at radius 2 is 2.12 bits per heavy atom. The van der Waals surface area contributed by atoms with Gasteiger partial charge < -0.3 is 19.8 Å². The number of likely N-dealkylation sites (tertiary alicyclic amines) is 1. The molecular weight excluding hydrogens is 337 g/mol. The van der Waals surface area contributed by atoms with Crippen LogP contribution < -0.4 is 5.32 Å². The monoisotopic (exact) mass is 361 g/mol. The van der Waals surface area contributed by atoms with Gasteiger partial charge in [0.25, 0.3) is 0 Å². The van der Waals surface area contributed by atoms with Crippen molar-refractivity contribution in [3.05, 3.63) is 53.2 Å². The summed E-state index contributed by atoms with van der Waals surface area (Å²) in [7, 11) is 0. The highest BCUT2D eigenvalue weighted by atomic mass is 19.1. The SMILES string of the molecule is Cc1cc(CCNC(=O)N2CCC(O)(Cc3ccccc3F)CC2)on1. The standard InChI is InChI=1S/C19H24FN3O3/c1-14-12-16(26-22-14)6-9-21-18(24)23-10-7-19(25,8-11-23)13-15-4-2-3-5-17(15)20/h2-5,12,25H,6-11,13H2,1H3,(H,21,24). The number of aliphatic hydroxyl groups is 1. The molecule has 140 valence electrons. The Labute approximate surface area is 152 Å². The molecule has 0 bridgehead atoms. The van der Waals surface area contributed by atoms with Crippen LogP contribution in [0.2, 0.25) is 0 Å². The first-order chi connectivity index (χ1) is 12.5. The first-order valence-electron chi connectivity index (χ1n) is 8.86. The van der Waals surface area contributed by atoms with E-state index in [1.807, 2.05) is 13.0 Å². The number of piperidine rings is 1. The molecule has 2 N–H and O–H groups in total. The van der Waals surface area contributed by atoms with Gasteiger partial charge >= 0.3 is 6.03 Å². The molecule has 0 spiro atoms. The predicted octanol–water partition coefficient (Wildman–Crippen LogP) is 2.44. The lowest BCUT2D eigenvalue weighted by Crippen LogP contribution is -2.51. The van der Waals surface area contributed by atoms with Crippen LogP contribution in [0.25, 0.3) is 0 Å². The van der Waals surface area contributed by atoms with Crippen molar-refractivity contribution in [1.82, 2.24) is 15.4 Å². The van der Waals surface area contributed by atoms with E-state index in [1.54, 1.807) is 23.1 Å². The van der Waals surface area contributed by atoms with Gasteiger partial charge in [-0.05, 0) is 31.4 Å². The van der Waals surface area contributed by atoms with Crippen LogP contribution in [0.15, 0.2) is 34.9 Å². The van der Waals surface area contributed by atoms with Gasteiger partial charge in [0.05, 0.1) is 11.3 Å². The molecule has 2 heterocycles. The van der Waals surface area contributed by atoms with Crippen molar-refractivity contribution in [2.45, 2.75) is 38.2 Å². The van der Waals surface area contributed by atoms with Crippen molar-refractivity contribution >= 4 is 6.03 Å². The zero-order valence-electron chi connectivity index (χ0n) is 14.9. The number of aryl methyl sites for hydroxylation is 1. The summed E-state index contributed by atoms with van der Waals surface area (Å²) < 4.78 is 18.9. The molecule has 1 fully saturated rings. The molecule has 6 nitrogen and oxygen atoms in total. The Balaban J connectivity index is 1.45. The highest BCUT2D eigenvalue weighted by molar-refractivity contribution is 5.74. The van der Waals surface area contributed by atoms with Crippen LogP contribution in [0.4, 0.5) is 9.18 Å². The highest BCUT2D eigenvalue weighted by Gasteiger charge is 2.34. The second kappa shape index (κ2) is 7.86. The summed E-state index contributed by atoms with van der Waals surface area (Å²) in [4.78, 5) is 13.9. The van der Waals surface area contributed by atoms with Crippen molar-refractivity contribution in [1.29, 1.82) is 0 Å². The minimum Gasteiger partial charge on any atom is -0.389 e. The lowest BCUT2D eigenvalue weighted by atomic mass is 9.85. The van der Waals surface area contributed by atoms with Crippen LogP contribution in [0.5, 0.6) is 0 Å². The first kappa shape index (κ1) is 18.4. The largest absolute Gasteiger partial charge is 0.389 e. The minimum atomic E-state index is -0.976. The van der Waals surface area contributed by atoms with Crippen molar-refractivity contribution in [3.63, 3.8) is 0 Å². The van der Waals surface area contributed by atoms with Gasteiger partial charge in [-0.1, -0.05) is 23.4 Å². The van der Waals surface area contributed by atoms with Gasteiger partial charge in [-0.2, -0.15) is 0 Å². The van der Waals surface area contributed by atoms with Crippen LogP contribution in [-0.2, 0) is 12.8 Å². The lowest BCUT2D eigenvalue weighted by molar-refractivity contribution is -0.0121. The molecular formula is C19H24FN3O3. The number of hydrogen-bond acceptors (Lipinski definition) is 4. The molecule has 0 saturated carbocycles. The quantitative estimate of drug-likeness (QED) is 0.857. The molecule has 0 unspecified atom stereocenters. The number of carbonyl (C=O) groups excluding carboxylic acids is 1. The molecule has 1 saturated heterocycles. The molecule has 1 aliphatic heterocycles. The maximum atomic E-state index is 13.8. The average Bonchev–Trinajstić information content (AvgIpc) is 3.03. The van der Waals surface area contributed by atoms with Crippen LogP contribution in [-0.4, -0.2) is 46.4 Å². The normalized spacial score (nSPS) is 16.5. The molecule has 1 aromatic heterocycles. The van der Waals surface area contributed by atoms with E-state index in [4.69, 9.17) is 4.52 Å². The fourth-order valence-corrected chi connectivity index (χ4v) is 3.24. The number of nitrogens with one attached hydrogen (secondary N) is 1. The van der Waals surface area contributed by atoms with E-state index >= 15 is 0 Å². The van der Waals surface area contributed by atoms with Crippen LogP contribution in [0, 0.1) is 12.7 Å². The molecule has 1 aromatic carbocycles. The Kier molecular flexibility index (Phi) is 5.56. The number of carbonyl (C=O) groups is 1. The number of hydrogen-bond donors (Lipinski definition) is 2. The Hall–Kier alpha value is -2.41. The number of urea groups is 1. The molecule has 3 rings (SSSR count). The summed E-state index contributed by atoms with van der Waals surface area (Å²) in [5, 5.41) is 17.4. The zero-order chi connectivity index (χ0) is 18.6. The summed E-state index contributed by atoms with van der Waals surface area (Å²) in [5.41, 5.74) is 0.350. The van der Waals surface area contributed by atoms with Gasteiger partial charge in [-0.3, -0.25) is 0 Å². The molecule has 26 heavy (non-hydrogen) atoms. The van der Waals surface area contributed by atoms with E-state index in [2.05, 4.69) is 10.5 Å². The molecule has 7 heteroatoms. The summed E-state index contributed by atoms with van der Waals surface area (Å²) in [5.74, 6) is 0.435. The van der Waals surface area contributed by atoms with Gasteiger partial charge in [0.2, 0.25) is 0 Å². The van der Waals surface area contributed by atoms with Crippen molar-refractivity contribution in [2.24, 2.45) is 0 Å². The van der Waals surface area contributed by atoms with Crippen molar-refractivity contribution in [3.8, 4) is 0 Å². The average molecular weight is 361 g/mol.